The summed E-state index contributed by atoms with van der Waals surface area (Å²) in [5.41, 5.74) is 1.21. The number of hydrogen-bond donors (Lipinski definition) is 2. The van der Waals surface area contributed by atoms with Crippen molar-refractivity contribution in [1.29, 1.82) is 0 Å². The van der Waals surface area contributed by atoms with Crippen LogP contribution in [0.25, 0.3) is 0 Å². The zero-order valence-corrected chi connectivity index (χ0v) is 10.1. The van der Waals surface area contributed by atoms with Gasteiger partial charge in [0.25, 0.3) is 0 Å². The van der Waals surface area contributed by atoms with E-state index in [-0.39, 0.29) is 12.6 Å². The molecule has 16 heavy (non-hydrogen) atoms. The average Bonchev–Trinajstić information content (AvgIpc) is 2.30. The maximum absolute atomic E-state index is 8.70. The topological polar surface area (TPSA) is 41.5 Å². The van der Waals surface area contributed by atoms with Crippen LogP contribution in [-0.4, -0.2) is 24.9 Å². The van der Waals surface area contributed by atoms with E-state index >= 15 is 0 Å². The number of benzene rings is 1. The molecule has 0 spiro atoms. The van der Waals surface area contributed by atoms with Crippen LogP contribution in [0.1, 0.15) is 31.9 Å². The van der Waals surface area contributed by atoms with E-state index in [2.05, 4.69) is 24.4 Å². The molecule has 0 aliphatic carbocycles. The van der Waals surface area contributed by atoms with Gasteiger partial charge in [-0.2, -0.15) is 0 Å². The first-order valence-electron chi connectivity index (χ1n) is 5.85. The van der Waals surface area contributed by atoms with Crippen molar-refractivity contribution >= 4 is 0 Å². The zero-order valence-electron chi connectivity index (χ0n) is 10.1. The molecular weight excluding hydrogens is 202 g/mol. The van der Waals surface area contributed by atoms with Crippen molar-refractivity contribution in [2.75, 3.05) is 19.8 Å². The Bertz CT molecular complexity index is 302. The minimum Gasteiger partial charge on any atom is -0.494 e. The number of aliphatic hydroxyl groups excluding tert-OH is 1. The van der Waals surface area contributed by atoms with E-state index < -0.39 is 0 Å². The maximum atomic E-state index is 8.70. The highest BCUT2D eigenvalue weighted by Crippen LogP contribution is 2.18. The van der Waals surface area contributed by atoms with Crippen LogP contribution in [0.3, 0.4) is 0 Å². The smallest absolute Gasteiger partial charge is 0.119 e. The molecule has 0 saturated carbocycles. The van der Waals surface area contributed by atoms with E-state index in [0.29, 0.717) is 6.61 Å². The van der Waals surface area contributed by atoms with Crippen molar-refractivity contribution in [1.82, 2.24) is 5.32 Å². The van der Waals surface area contributed by atoms with Crippen LogP contribution in [0.5, 0.6) is 5.75 Å². The molecule has 0 aromatic heterocycles. The molecule has 1 unspecified atom stereocenters. The van der Waals surface area contributed by atoms with E-state index in [1.165, 1.54) is 5.56 Å². The molecular formula is C13H21NO2. The van der Waals surface area contributed by atoms with Gasteiger partial charge < -0.3 is 15.2 Å². The number of rotatable bonds is 7. The summed E-state index contributed by atoms with van der Waals surface area (Å²) >= 11 is 0. The Hall–Kier alpha value is -1.06. The minimum absolute atomic E-state index is 0.235. The molecule has 0 radical (unpaired) electrons. The van der Waals surface area contributed by atoms with Gasteiger partial charge in [-0.1, -0.05) is 12.1 Å². The van der Waals surface area contributed by atoms with Crippen molar-refractivity contribution in [3.05, 3.63) is 29.8 Å². The Morgan fingerprint density at radius 1 is 1.44 bits per heavy atom. The van der Waals surface area contributed by atoms with Gasteiger partial charge in [0.15, 0.2) is 0 Å². The Kier molecular flexibility index (Phi) is 5.90. The first kappa shape index (κ1) is 13.0. The summed E-state index contributed by atoms with van der Waals surface area (Å²) in [7, 11) is 0. The van der Waals surface area contributed by atoms with Gasteiger partial charge in [-0.3, -0.25) is 0 Å². The molecule has 3 nitrogen and oxygen atoms in total. The number of ether oxygens (including phenoxy) is 1. The van der Waals surface area contributed by atoms with Gasteiger partial charge in [0.1, 0.15) is 5.75 Å². The van der Waals surface area contributed by atoms with Crippen molar-refractivity contribution in [3.63, 3.8) is 0 Å². The van der Waals surface area contributed by atoms with Crippen molar-refractivity contribution < 1.29 is 9.84 Å². The number of aliphatic hydroxyl groups is 1. The molecule has 0 aliphatic rings. The monoisotopic (exact) mass is 223 g/mol. The minimum atomic E-state index is 0.235. The summed E-state index contributed by atoms with van der Waals surface area (Å²) in [6.45, 7) is 5.85. The van der Waals surface area contributed by atoms with Crippen LogP contribution in [0.15, 0.2) is 24.3 Å². The second-order valence-corrected chi connectivity index (χ2v) is 3.76. The third-order valence-electron chi connectivity index (χ3n) is 2.45. The first-order valence-corrected chi connectivity index (χ1v) is 5.85. The Morgan fingerprint density at radius 3 is 2.94 bits per heavy atom. The van der Waals surface area contributed by atoms with Gasteiger partial charge in [-0.05, 0) is 44.5 Å². The number of hydrogen-bond acceptors (Lipinski definition) is 3. The van der Waals surface area contributed by atoms with E-state index in [4.69, 9.17) is 9.84 Å². The van der Waals surface area contributed by atoms with Crippen LogP contribution < -0.4 is 10.1 Å². The standard InChI is InChI=1S/C13H21NO2/c1-3-16-13-7-4-6-12(10-13)11(2)14-8-5-9-15/h4,6-7,10-11,14-15H,3,5,8-9H2,1-2H3. The molecule has 0 heterocycles. The summed E-state index contributed by atoms with van der Waals surface area (Å²) in [5.74, 6) is 0.913. The van der Waals surface area contributed by atoms with Gasteiger partial charge in [-0.25, -0.2) is 0 Å². The molecule has 1 aromatic rings. The summed E-state index contributed by atoms with van der Waals surface area (Å²) in [5, 5.41) is 12.1. The fraction of sp³-hybridized carbons (Fsp3) is 0.538. The fourth-order valence-electron chi connectivity index (χ4n) is 1.56. The number of nitrogens with one attached hydrogen (secondary N) is 1. The Balaban J connectivity index is 2.53. The highest BCUT2D eigenvalue weighted by Gasteiger charge is 2.05. The molecule has 0 fully saturated rings. The lowest BCUT2D eigenvalue weighted by molar-refractivity contribution is 0.284. The molecule has 1 atom stereocenters. The average molecular weight is 223 g/mol. The van der Waals surface area contributed by atoms with Gasteiger partial charge in [0.05, 0.1) is 6.61 Å². The van der Waals surface area contributed by atoms with E-state index in [1.54, 1.807) is 0 Å². The molecule has 0 saturated heterocycles. The summed E-state index contributed by atoms with van der Waals surface area (Å²) in [4.78, 5) is 0. The zero-order chi connectivity index (χ0) is 11.8. The molecule has 90 valence electrons. The third kappa shape index (κ3) is 4.21. The van der Waals surface area contributed by atoms with Gasteiger partial charge >= 0.3 is 0 Å². The lowest BCUT2D eigenvalue weighted by Gasteiger charge is -2.15. The second kappa shape index (κ2) is 7.25. The lowest BCUT2D eigenvalue weighted by atomic mass is 10.1. The molecule has 1 aromatic carbocycles. The van der Waals surface area contributed by atoms with E-state index in [1.807, 2.05) is 19.1 Å². The predicted octanol–water partition coefficient (Wildman–Crippen LogP) is 2.12. The van der Waals surface area contributed by atoms with E-state index in [0.717, 1.165) is 18.7 Å². The normalized spacial score (nSPS) is 12.4. The molecule has 0 aliphatic heterocycles. The maximum Gasteiger partial charge on any atom is 0.119 e. The molecule has 1 rings (SSSR count). The highest BCUT2D eigenvalue weighted by atomic mass is 16.5. The molecule has 0 amide bonds. The van der Waals surface area contributed by atoms with Crippen LogP contribution in [0.4, 0.5) is 0 Å². The van der Waals surface area contributed by atoms with Crippen molar-refractivity contribution in [2.45, 2.75) is 26.3 Å². The second-order valence-electron chi connectivity index (χ2n) is 3.76. The largest absolute Gasteiger partial charge is 0.494 e. The first-order chi connectivity index (χ1) is 7.77. The highest BCUT2D eigenvalue weighted by molar-refractivity contribution is 5.30. The lowest BCUT2D eigenvalue weighted by Crippen LogP contribution is -2.20. The van der Waals surface area contributed by atoms with Gasteiger partial charge in [0.2, 0.25) is 0 Å². The Morgan fingerprint density at radius 2 is 2.25 bits per heavy atom. The summed E-state index contributed by atoms with van der Waals surface area (Å²) in [6, 6.07) is 8.39. The molecule has 2 N–H and O–H groups in total. The molecule has 0 bridgehead atoms. The van der Waals surface area contributed by atoms with Crippen LogP contribution in [0.2, 0.25) is 0 Å². The predicted molar refractivity (Wildman–Crippen MR) is 65.7 cm³/mol. The SMILES string of the molecule is CCOc1cccc(C(C)NCCCO)c1. The summed E-state index contributed by atoms with van der Waals surface area (Å²) in [6.07, 6.45) is 0.787. The van der Waals surface area contributed by atoms with Gasteiger partial charge in [0, 0.05) is 12.6 Å². The van der Waals surface area contributed by atoms with Gasteiger partial charge in [-0.15, -0.1) is 0 Å². The Labute approximate surface area is 97.4 Å². The van der Waals surface area contributed by atoms with Crippen molar-refractivity contribution in [3.8, 4) is 5.75 Å². The van der Waals surface area contributed by atoms with Crippen LogP contribution >= 0.6 is 0 Å². The summed E-state index contributed by atoms with van der Waals surface area (Å²) < 4.78 is 5.45. The van der Waals surface area contributed by atoms with Crippen LogP contribution in [0, 0.1) is 0 Å². The molecule has 3 heteroatoms. The van der Waals surface area contributed by atoms with Crippen LogP contribution in [-0.2, 0) is 0 Å². The third-order valence-corrected chi connectivity index (χ3v) is 2.45. The van der Waals surface area contributed by atoms with E-state index in [9.17, 15) is 0 Å². The quantitative estimate of drug-likeness (QED) is 0.696. The van der Waals surface area contributed by atoms with Crippen molar-refractivity contribution in [2.24, 2.45) is 0 Å². The fourth-order valence-corrected chi connectivity index (χ4v) is 1.56.